The van der Waals surface area contributed by atoms with E-state index >= 15 is 0 Å². The molecule has 0 unspecified atom stereocenters. The minimum Gasteiger partial charge on any atom is -0.441 e. The van der Waals surface area contributed by atoms with Crippen LogP contribution in [-0.4, -0.2) is 4.98 Å². The van der Waals surface area contributed by atoms with Crippen molar-refractivity contribution in [2.75, 3.05) is 0 Å². The van der Waals surface area contributed by atoms with Gasteiger partial charge in [0.05, 0.1) is 5.69 Å². The number of hydrogen-bond donors (Lipinski definition) is 0. The Bertz CT molecular complexity index is 314. The molecule has 0 aliphatic heterocycles. The van der Waals surface area contributed by atoms with Gasteiger partial charge in [-0.2, -0.15) is 0 Å². The number of rotatable bonds is 0. The van der Waals surface area contributed by atoms with Crippen molar-refractivity contribution in [2.24, 2.45) is 0 Å². The number of aryl methyl sites for hydroxylation is 2. The molecule has 1 aliphatic carbocycles. The summed E-state index contributed by atoms with van der Waals surface area (Å²) in [4.78, 5) is 4.22. The molecule has 3 heteroatoms. The van der Waals surface area contributed by atoms with Crippen molar-refractivity contribution in [2.45, 2.75) is 19.8 Å². The monoisotopic (exact) mass is 169 g/mol. The van der Waals surface area contributed by atoms with E-state index in [0.717, 1.165) is 35.2 Å². The van der Waals surface area contributed by atoms with E-state index in [0.29, 0.717) is 0 Å². The molecule has 0 fully saturated rings. The maximum atomic E-state index is 5.83. The van der Waals surface area contributed by atoms with Gasteiger partial charge >= 0.3 is 0 Å². The molecule has 0 amide bonds. The Hall–Kier alpha value is -0.760. The number of oxazole rings is 1. The molecule has 1 aliphatic rings. The van der Waals surface area contributed by atoms with Gasteiger partial charge < -0.3 is 4.42 Å². The Morgan fingerprint density at radius 3 is 3.18 bits per heavy atom. The van der Waals surface area contributed by atoms with Gasteiger partial charge in [-0.1, -0.05) is 11.6 Å². The van der Waals surface area contributed by atoms with Crippen LogP contribution in [0, 0.1) is 6.92 Å². The Morgan fingerprint density at radius 2 is 2.36 bits per heavy atom. The molecular weight excluding hydrogens is 162 g/mol. The van der Waals surface area contributed by atoms with E-state index in [-0.39, 0.29) is 0 Å². The zero-order valence-corrected chi connectivity index (χ0v) is 6.98. The molecule has 1 aromatic rings. The zero-order chi connectivity index (χ0) is 7.84. The smallest absolute Gasteiger partial charge is 0.192 e. The van der Waals surface area contributed by atoms with Gasteiger partial charge in [0.1, 0.15) is 0 Å². The van der Waals surface area contributed by atoms with Crippen LogP contribution >= 0.6 is 11.6 Å². The number of allylic oxidation sites excluding steroid dienone is 1. The zero-order valence-electron chi connectivity index (χ0n) is 6.22. The van der Waals surface area contributed by atoms with Gasteiger partial charge in [-0.25, -0.2) is 4.98 Å². The molecule has 58 valence electrons. The van der Waals surface area contributed by atoms with Crippen LogP contribution in [0.1, 0.15) is 23.8 Å². The molecule has 1 aromatic heterocycles. The number of nitrogens with zero attached hydrogens (tertiary/aromatic N) is 1. The SMILES string of the molecule is Cc1nc2c(o1)C=C(Cl)CC2. The maximum Gasteiger partial charge on any atom is 0.192 e. The van der Waals surface area contributed by atoms with E-state index in [4.69, 9.17) is 16.0 Å². The fourth-order valence-electron chi connectivity index (χ4n) is 1.23. The predicted octanol–water partition coefficient (Wildman–Crippen LogP) is 2.51. The average molecular weight is 170 g/mol. The predicted molar refractivity (Wildman–Crippen MR) is 43.4 cm³/mol. The Balaban J connectivity index is 2.50. The van der Waals surface area contributed by atoms with Crippen molar-refractivity contribution in [3.63, 3.8) is 0 Å². The molecule has 0 atom stereocenters. The Morgan fingerprint density at radius 1 is 1.55 bits per heavy atom. The van der Waals surface area contributed by atoms with Crippen molar-refractivity contribution in [1.29, 1.82) is 0 Å². The lowest BCUT2D eigenvalue weighted by Gasteiger charge is -2.03. The first-order chi connectivity index (χ1) is 5.25. The molecule has 11 heavy (non-hydrogen) atoms. The van der Waals surface area contributed by atoms with E-state index in [1.54, 1.807) is 0 Å². The summed E-state index contributed by atoms with van der Waals surface area (Å²) in [5.74, 6) is 1.55. The van der Waals surface area contributed by atoms with E-state index in [1.165, 1.54) is 0 Å². The summed E-state index contributed by atoms with van der Waals surface area (Å²) in [6.45, 7) is 1.85. The molecule has 0 saturated carbocycles. The summed E-state index contributed by atoms with van der Waals surface area (Å²) >= 11 is 5.83. The minimum atomic E-state index is 0.720. The normalized spacial score (nSPS) is 16.0. The van der Waals surface area contributed by atoms with Crippen LogP contribution in [-0.2, 0) is 6.42 Å². The van der Waals surface area contributed by atoms with Gasteiger partial charge in [-0.05, 0) is 18.9 Å². The van der Waals surface area contributed by atoms with Crippen LogP contribution in [0.5, 0.6) is 0 Å². The summed E-state index contributed by atoms with van der Waals surface area (Å²) in [5, 5.41) is 0.855. The summed E-state index contributed by atoms with van der Waals surface area (Å²) in [7, 11) is 0. The second-order valence-electron chi connectivity index (χ2n) is 2.64. The topological polar surface area (TPSA) is 26.0 Å². The first-order valence-corrected chi connectivity index (χ1v) is 3.96. The minimum absolute atomic E-state index is 0.720. The first kappa shape index (κ1) is 6.92. The summed E-state index contributed by atoms with van der Waals surface area (Å²) in [5.41, 5.74) is 1.03. The highest BCUT2D eigenvalue weighted by Gasteiger charge is 2.14. The molecule has 0 radical (unpaired) electrons. The summed E-state index contributed by atoms with van der Waals surface area (Å²) in [6.07, 6.45) is 3.64. The van der Waals surface area contributed by atoms with Crippen molar-refractivity contribution >= 4 is 17.7 Å². The highest BCUT2D eigenvalue weighted by molar-refractivity contribution is 6.31. The number of fused-ring (bicyclic) bond motifs is 1. The van der Waals surface area contributed by atoms with Crippen LogP contribution in [0.15, 0.2) is 9.45 Å². The largest absolute Gasteiger partial charge is 0.441 e. The van der Waals surface area contributed by atoms with Crippen molar-refractivity contribution in [3.05, 3.63) is 22.4 Å². The molecule has 0 saturated heterocycles. The molecule has 0 bridgehead atoms. The quantitative estimate of drug-likeness (QED) is 0.597. The third-order valence-corrected chi connectivity index (χ3v) is 2.02. The fraction of sp³-hybridized carbons (Fsp3) is 0.375. The number of hydrogen-bond acceptors (Lipinski definition) is 2. The van der Waals surface area contributed by atoms with Gasteiger partial charge in [-0.3, -0.25) is 0 Å². The lowest BCUT2D eigenvalue weighted by molar-refractivity contribution is 0.510. The lowest BCUT2D eigenvalue weighted by Crippen LogP contribution is -1.93. The second kappa shape index (κ2) is 2.38. The standard InChI is InChI=1S/C8H8ClNO/c1-5-10-7-3-2-6(9)4-8(7)11-5/h4H,2-3H2,1H3. The van der Waals surface area contributed by atoms with Gasteiger partial charge in [0.2, 0.25) is 0 Å². The number of halogens is 1. The molecule has 2 nitrogen and oxygen atoms in total. The molecule has 1 heterocycles. The average Bonchev–Trinajstić information content (AvgIpc) is 2.27. The third kappa shape index (κ3) is 1.18. The summed E-state index contributed by atoms with van der Waals surface area (Å²) in [6, 6.07) is 0. The van der Waals surface area contributed by atoms with Crippen molar-refractivity contribution in [3.8, 4) is 0 Å². The van der Waals surface area contributed by atoms with Crippen molar-refractivity contribution < 1.29 is 4.42 Å². The van der Waals surface area contributed by atoms with Gasteiger partial charge in [0.15, 0.2) is 11.7 Å². The third-order valence-electron chi connectivity index (χ3n) is 1.72. The fourth-order valence-corrected chi connectivity index (χ4v) is 1.42. The Kier molecular flexibility index (Phi) is 1.50. The van der Waals surface area contributed by atoms with Crippen LogP contribution in [0.4, 0.5) is 0 Å². The molecule has 0 aromatic carbocycles. The van der Waals surface area contributed by atoms with Crippen molar-refractivity contribution in [1.82, 2.24) is 4.98 Å². The van der Waals surface area contributed by atoms with Crippen LogP contribution < -0.4 is 0 Å². The highest BCUT2D eigenvalue weighted by Crippen LogP contribution is 2.25. The molecule has 2 rings (SSSR count). The summed E-state index contributed by atoms with van der Waals surface area (Å²) < 4.78 is 5.30. The van der Waals surface area contributed by atoms with Crippen LogP contribution in [0.3, 0.4) is 0 Å². The van der Waals surface area contributed by atoms with Gasteiger partial charge in [0, 0.05) is 12.0 Å². The van der Waals surface area contributed by atoms with E-state index in [1.807, 2.05) is 13.0 Å². The maximum absolute atomic E-state index is 5.83. The highest BCUT2D eigenvalue weighted by atomic mass is 35.5. The second-order valence-corrected chi connectivity index (χ2v) is 3.12. The van der Waals surface area contributed by atoms with Crippen LogP contribution in [0.2, 0.25) is 0 Å². The van der Waals surface area contributed by atoms with E-state index in [9.17, 15) is 0 Å². The lowest BCUT2D eigenvalue weighted by atomic mass is 10.1. The Labute approximate surface area is 69.9 Å². The van der Waals surface area contributed by atoms with Gasteiger partial charge in [0.25, 0.3) is 0 Å². The van der Waals surface area contributed by atoms with Gasteiger partial charge in [-0.15, -0.1) is 0 Å². The van der Waals surface area contributed by atoms with E-state index < -0.39 is 0 Å². The molecule has 0 N–H and O–H groups in total. The van der Waals surface area contributed by atoms with E-state index in [2.05, 4.69) is 4.98 Å². The van der Waals surface area contributed by atoms with Crippen LogP contribution in [0.25, 0.3) is 6.08 Å². The molecule has 0 spiro atoms. The number of aromatic nitrogens is 1. The molecular formula is C8H8ClNO. The first-order valence-electron chi connectivity index (χ1n) is 3.58.